The molecular weight excluding hydrogens is 310 g/mol. The van der Waals surface area contributed by atoms with E-state index in [1.54, 1.807) is 0 Å². The molecule has 1 aromatic carbocycles. The van der Waals surface area contributed by atoms with Gasteiger partial charge in [-0.2, -0.15) is 0 Å². The largest absolute Gasteiger partial charge is 0.372 e. The van der Waals surface area contributed by atoms with Crippen LogP contribution in [-0.4, -0.2) is 25.5 Å². The molecule has 0 aliphatic rings. The third kappa shape index (κ3) is 4.33. The van der Waals surface area contributed by atoms with Crippen LogP contribution in [0, 0.1) is 4.78 Å². The van der Waals surface area contributed by atoms with Crippen molar-refractivity contribution in [2.75, 3.05) is 11.9 Å². The van der Waals surface area contributed by atoms with Crippen molar-refractivity contribution in [3.63, 3.8) is 0 Å². The van der Waals surface area contributed by atoms with Crippen molar-refractivity contribution in [2.45, 2.75) is 63.7 Å². The fourth-order valence-corrected chi connectivity index (χ4v) is 6.83. The van der Waals surface area contributed by atoms with E-state index in [-0.39, 0.29) is 5.04 Å². The molecule has 4 nitrogen and oxygen atoms in total. The molecule has 1 unspecified atom stereocenters. The molecule has 0 radical (unpaired) electrons. The molecule has 0 bridgehead atoms. The maximum Gasteiger partial charge on any atom is 0.140 e. The predicted octanol–water partition coefficient (Wildman–Crippen LogP) is 4.45. The van der Waals surface area contributed by atoms with Gasteiger partial charge in [-0.15, -0.1) is 0 Å². The minimum atomic E-state index is -2.97. The van der Waals surface area contributed by atoms with Gasteiger partial charge in [0.15, 0.2) is 0 Å². The first kappa shape index (κ1) is 19.2. The summed E-state index contributed by atoms with van der Waals surface area (Å²) in [6, 6.07) is 7.90. The Morgan fingerprint density at radius 2 is 1.64 bits per heavy atom. The van der Waals surface area contributed by atoms with Crippen molar-refractivity contribution in [3.8, 4) is 0 Å². The molecule has 126 valence electrons. The SMILES string of the molecule is CC(C)N(C)c1ccc(S(=N)(=O)N[Si](C)(C)C(C)(C)C)cc1. The monoisotopic (exact) mass is 341 g/mol. The summed E-state index contributed by atoms with van der Waals surface area (Å²) in [5, 5.41) is 0.0362. The van der Waals surface area contributed by atoms with Crippen LogP contribution in [-0.2, 0) is 9.92 Å². The standard InChI is InChI=1S/C16H31N3OSSi/c1-13(2)19(6)14-9-11-15(12-10-14)21(17,20)18-22(7,8)16(3,4)5/h9-13H,1-8H3,(H2,17,18,20). The summed E-state index contributed by atoms with van der Waals surface area (Å²) in [7, 11) is -2.94. The lowest BCUT2D eigenvalue weighted by atomic mass is 10.2. The second-order valence-corrected chi connectivity index (χ2v) is 14.9. The fourth-order valence-electron chi connectivity index (χ4n) is 1.74. The zero-order valence-corrected chi connectivity index (χ0v) is 17.0. The molecule has 1 atom stereocenters. The van der Waals surface area contributed by atoms with Crippen molar-refractivity contribution >= 4 is 23.8 Å². The highest BCUT2D eigenvalue weighted by Crippen LogP contribution is 2.35. The summed E-state index contributed by atoms with van der Waals surface area (Å²) in [5.74, 6) is 0. The van der Waals surface area contributed by atoms with Crippen LogP contribution in [0.15, 0.2) is 29.2 Å². The van der Waals surface area contributed by atoms with Crippen LogP contribution in [0.1, 0.15) is 34.6 Å². The van der Waals surface area contributed by atoms with Gasteiger partial charge in [-0.1, -0.05) is 33.9 Å². The van der Waals surface area contributed by atoms with Crippen LogP contribution in [0.25, 0.3) is 0 Å². The number of hydrogen-bond donors (Lipinski definition) is 2. The summed E-state index contributed by atoms with van der Waals surface area (Å²) in [6.07, 6.45) is 0. The van der Waals surface area contributed by atoms with Crippen LogP contribution in [0.4, 0.5) is 5.69 Å². The Morgan fingerprint density at radius 3 is 2.00 bits per heavy atom. The molecule has 1 rings (SSSR count). The van der Waals surface area contributed by atoms with E-state index in [1.165, 1.54) is 0 Å². The van der Waals surface area contributed by atoms with Gasteiger partial charge < -0.3 is 4.90 Å². The lowest BCUT2D eigenvalue weighted by molar-refractivity contribution is 0.665. The smallest absolute Gasteiger partial charge is 0.140 e. The average molecular weight is 342 g/mol. The van der Waals surface area contributed by atoms with Gasteiger partial charge in [0.25, 0.3) is 0 Å². The maximum atomic E-state index is 12.8. The number of nitrogens with one attached hydrogen (secondary N) is 2. The lowest BCUT2D eigenvalue weighted by Gasteiger charge is -2.37. The highest BCUT2D eigenvalue weighted by atomic mass is 32.2. The number of benzene rings is 1. The van der Waals surface area contributed by atoms with Gasteiger partial charge in [0, 0.05) is 18.8 Å². The van der Waals surface area contributed by atoms with Crippen molar-refractivity contribution in [1.82, 2.24) is 4.39 Å². The van der Waals surface area contributed by atoms with E-state index in [2.05, 4.69) is 57.0 Å². The Hall–Kier alpha value is -0.853. The summed E-state index contributed by atoms with van der Waals surface area (Å²) >= 11 is 0. The molecule has 0 spiro atoms. The Balaban J connectivity index is 3.05. The number of nitrogens with zero attached hydrogens (tertiary/aromatic N) is 1. The summed E-state index contributed by atoms with van der Waals surface area (Å²) in [5.41, 5.74) is 1.07. The predicted molar refractivity (Wildman–Crippen MR) is 99.4 cm³/mol. The molecule has 1 aromatic rings. The van der Waals surface area contributed by atoms with E-state index in [0.29, 0.717) is 10.9 Å². The lowest BCUT2D eigenvalue weighted by Crippen LogP contribution is -2.54. The van der Waals surface area contributed by atoms with E-state index in [4.69, 9.17) is 4.78 Å². The zero-order valence-electron chi connectivity index (χ0n) is 15.2. The quantitative estimate of drug-likeness (QED) is 0.778. The Labute approximate surface area is 137 Å². The van der Waals surface area contributed by atoms with Crippen molar-refractivity contribution in [2.24, 2.45) is 0 Å². The summed E-state index contributed by atoms with van der Waals surface area (Å²) < 4.78 is 24.3. The number of rotatable bonds is 5. The van der Waals surface area contributed by atoms with Crippen LogP contribution in [0.3, 0.4) is 0 Å². The van der Waals surface area contributed by atoms with Crippen LogP contribution < -0.4 is 9.29 Å². The maximum absolute atomic E-state index is 12.8. The second-order valence-electron chi connectivity index (χ2n) is 7.73. The first-order valence-electron chi connectivity index (χ1n) is 7.68. The molecule has 0 saturated carbocycles. The third-order valence-corrected chi connectivity index (χ3v) is 12.5. The molecule has 0 amide bonds. The normalized spacial score (nSPS) is 15.7. The van der Waals surface area contributed by atoms with E-state index >= 15 is 0 Å². The number of anilines is 1. The summed E-state index contributed by atoms with van der Waals surface area (Å²) in [6.45, 7) is 14.9. The Kier molecular flexibility index (Phi) is 5.53. The van der Waals surface area contributed by atoms with Gasteiger partial charge in [-0.3, -0.25) is 0 Å². The molecule has 0 aliphatic carbocycles. The van der Waals surface area contributed by atoms with E-state index < -0.39 is 18.2 Å². The van der Waals surface area contributed by atoms with Gasteiger partial charge in [0.1, 0.15) is 18.2 Å². The number of hydrogen-bond acceptors (Lipinski definition) is 3. The van der Waals surface area contributed by atoms with Crippen LogP contribution >= 0.6 is 0 Å². The minimum absolute atomic E-state index is 0.0362. The summed E-state index contributed by atoms with van der Waals surface area (Å²) in [4.78, 5) is 2.70. The van der Waals surface area contributed by atoms with Gasteiger partial charge in [0.2, 0.25) is 0 Å². The van der Waals surface area contributed by atoms with E-state index in [1.807, 2.05) is 31.3 Å². The first-order chi connectivity index (χ1) is 9.78. The Morgan fingerprint density at radius 1 is 1.18 bits per heavy atom. The first-order valence-corrected chi connectivity index (χ1v) is 12.2. The highest BCUT2D eigenvalue weighted by molar-refractivity contribution is 7.92. The molecular formula is C16H31N3OSSi. The average Bonchev–Trinajstić information content (AvgIpc) is 2.35. The molecule has 22 heavy (non-hydrogen) atoms. The fraction of sp³-hybridized carbons (Fsp3) is 0.625. The molecule has 6 heteroatoms. The molecule has 0 saturated heterocycles. The zero-order chi connectivity index (χ0) is 17.3. The topological polar surface area (TPSA) is 56.2 Å². The molecule has 0 fully saturated rings. The highest BCUT2D eigenvalue weighted by Gasteiger charge is 2.38. The third-order valence-electron chi connectivity index (χ3n) is 4.62. The van der Waals surface area contributed by atoms with Crippen LogP contribution in [0.5, 0.6) is 0 Å². The van der Waals surface area contributed by atoms with Gasteiger partial charge >= 0.3 is 0 Å². The second kappa shape index (κ2) is 6.33. The van der Waals surface area contributed by atoms with Crippen molar-refractivity contribution in [1.29, 1.82) is 4.78 Å². The van der Waals surface area contributed by atoms with Crippen LogP contribution in [0.2, 0.25) is 18.1 Å². The van der Waals surface area contributed by atoms with Gasteiger partial charge in [-0.25, -0.2) is 13.4 Å². The molecule has 2 N–H and O–H groups in total. The Bertz CT molecular complexity index is 601. The van der Waals surface area contributed by atoms with Crippen molar-refractivity contribution in [3.05, 3.63) is 24.3 Å². The van der Waals surface area contributed by atoms with E-state index in [0.717, 1.165) is 5.69 Å². The van der Waals surface area contributed by atoms with Gasteiger partial charge in [0.05, 0.1) is 4.90 Å². The van der Waals surface area contributed by atoms with Crippen molar-refractivity contribution < 1.29 is 4.21 Å². The minimum Gasteiger partial charge on any atom is -0.372 e. The van der Waals surface area contributed by atoms with Gasteiger partial charge in [-0.05, 0) is 43.2 Å². The molecule has 0 aromatic heterocycles. The van der Waals surface area contributed by atoms with E-state index in [9.17, 15) is 4.21 Å². The molecule has 0 aliphatic heterocycles. The molecule has 0 heterocycles.